The van der Waals surface area contributed by atoms with Gasteiger partial charge in [0.2, 0.25) is 0 Å². The van der Waals surface area contributed by atoms with E-state index in [2.05, 4.69) is 5.32 Å². The van der Waals surface area contributed by atoms with Crippen molar-refractivity contribution < 1.29 is 19.4 Å². The van der Waals surface area contributed by atoms with Crippen molar-refractivity contribution in [2.24, 2.45) is 0 Å². The number of carbonyl (C=O) groups excluding carboxylic acids is 1. The van der Waals surface area contributed by atoms with Gasteiger partial charge < -0.3 is 15.2 Å². The summed E-state index contributed by atoms with van der Waals surface area (Å²) in [6.07, 6.45) is 2.52. The fourth-order valence-corrected chi connectivity index (χ4v) is 2.90. The third-order valence-corrected chi connectivity index (χ3v) is 4.63. The average molecular weight is 359 g/mol. The summed E-state index contributed by atoms with van der Waals surface area (Å²) >= 11 is 1.59. The number of ether oxygens (including phenoxy) is 1. The quantitative estimate of drug-likeness (QED) is 0.741. The number of aryl methyl sites for hydroxylation is 1. The Morgan fingerprint density at radius 1 is 1.20 bits per heavy atom. The fraction of sp³-hybridized carbons (Fsp3) is 0.263. The molecule has 6 heteroatoms. The van der Waals surface area contributed by atoms with E-state index >= 15 is 0 Å². The van der Waals surface area contributed by atoms with Gasteiger partial charge in [0.25, 0.3) is 5.91 Å². The summed E-state index contributed by atoms with van der Waals surface area (Å²) < 4.78 is 5.25. The molecule has 0 saturated heterocycles. The normalized spacial score (nSPS) is 10.4. The smallest absolute Gasteiger partial charge is 0.335 e. The number of hydrogen-bond donors (Lipinski definition) is 2. The summed E-state index contributed by atoms with van der Waals surface area (Å²) in [6, 6.07) is 10.6. The SMILES string of the molecule is COc1cc(C(=O)O)ccc1CCNC(=O)c1cc(SC)ccc1C. The van der Waals surface area contributed by atoms with E-state index in [0.29, 0.717) is 24.3 Å². The first kappa shape index (κ1) is 18.9. The molecule has 0 heterocycles. The van der Waals surface area contributed by atoms with Crippen molar-refractivity contribution in [1.82, 2.24) is 5.32 Å². The molecule has 1 amide bonds. The minimum absolute atomic E-state index is 0.116. The number of carboxylic acid groups (broad SMARTS) is 1. The van der Waals surface area contributed by atoms with Crippen LogP contribution in [0.15, 0.2) is 41.3 Å². The Morgan fingerprint density at radius 3 is 2.60 bits per heavy atom. The van der Waals surface area contributed by atoms with E-state index in [1.807, 2.05) is 31.4 Å². The van der Waals surface area contributed by atoms with E-state index in [4.69, 9.17) is 9.84 Å². The van der Waals surface area contributed by atoms with Gasteiger partial charge in [0.05, 0.1) is 12.7 Å². The lowest BCUT2D eigenvalue weighted by Crippen LogP contribution is -2.26. The number of methoxy groups -OCH3 is 1. The highest BCUT2D eigenvalue weighted by atomic mass is 32.2. The molecule has 2 rings (SSSR count). The summed E-state index contributed by atoms with van der Waals surface area (Å²) in [4.78, 5) is 24.4. The highest BCUT2D eigenvalue weighted by molar-refractivity contribution is 7.98. The molecule has 0 radical (unpaired) electrons. The third-order valence-electron chi connectivity index (χ3n) is 3.90. The zero-order chi connectivity index (χ0) is 18.4. The molecule has 0 bridgehead atoms. The Labute approximate surface area is 151 Å². The second kappa shape index (κ2) is 8.58. The Kier molecular flexibility index (Phi) is 6.47. The molecule has 0 aliphatic carbocycles. The van der Waals surface area contributed by atoms with Crippen LogP contribution in [0.3, 0.4) is 0 Å². The monoisotopic (exact) mass is 359 g/mol. The van der Waals surface area contributed by atoms with Crippen molar-refractivity contribution in [2.75, 3.05) is 19.9 Å². The molecule has 0 aromatic heterocycles. The number of carbonyl (C=O) groups is 2. The Balaban J connectivity index is 2.03. The highest BCUT2D eigenvalue weighted by Gasteiger charge is 2.12. The second-order valence-electron chi connectivity index (χ2n) is 5.52. The summed E-state index contributed by atoms with van der Waals surface area (Å²) in [7, 11) is 1.50. The first-order valence-corrected chi connectivity index (χ1v) is 9.01. The number of hydrogen-bond acceptors (Lipinski definition) is 4. The lowest BCUT2D eigenvalue weighted by Gasteiger charge is -2.11. The largest absolute Gasteiger partial charge is 0.496 e. The molecule has 0 aliphatic rings. The standard InChI is InChI=1S/C19H21NO4S/c1-12-4-7-15(25-3)11-16(12)18(21)20-9-8-13-5-6-14(19(22)23)10-17(13)24-2/h4-7,10-11H,8-9H2,1-3H3,(H,20,21)(H,22,23). The molecule has 0 atom stereocenters. The van der Waals surface area contributed by atoms with E-state index in [9.17, 15) is 9.59 Å². The molecule has 2 N–H and O–H groups in total. The number of benzene rings is 2. The van der Waals surface area contributed by atoms with Gasteiger partial charge in [-0.25, -0.2) is 4.79 Å². The van der Waals surface area contributed by atoms with Gasteiger partial charge in [-0.1, -0.05) is 12.1 Å². The second-order valence-corrected chi connectivity index (χ2v) is 6.40. The van der Waals surface area contributed by atoms with Crippen LogP contribution in [0.5, 0.6) is 5.75 Å². The third kappa shape index (κ3) is 4.76. The molecule has 0 spiro atoms. The molecule has 2 aromatic carbocycles. The maximum atomic E-state index is 12.4. The fourth-order valence-electron chi connectivity index (χ4n) is 2.46. The van der Waals surface area contributed by atoms with Crippen LogP contribution in [0.2, 0.25) is 0 Å². The van der Waals surface area contributed by atoms with Crippen molar-refractivity contribution in [2.45, 2.75) is 18.2 Å². The minimum atomic E-state index is -0.998. The zero-order valence-corrected chi connectivity index (χ0v) is 15.3. The van der Waals surface area contributed by atoms with Crippen molar-refractivity contribution in [3.8, 4) is 5.75 Å². The van der Waals surface area contributed by atoms with Gasteiger partial charge >= 0.3 is 5.97 Å². The van der Waals surface area contributed by atoms with Gasteiger partial charge in [-0.15, -0.1) is 11.8 Å². The van der Waals surface area contributed by atoms with Crippen LogP contribution < -0.4 is 10.1 Å². The lowest BCUT2D eigenvalue weighted by molar-refractivity contribution is 0.0696. The van der Waals surface area contributed by atoms with Crippen LogP contribution in [0.1, 0.15) is 31.8 Å². The first-order chi connectivity index (χ1) is 12.0. The molecule has 0 aliphatic heterocycles. The van der Waals surface area contributed by atoms with Crippen LogP contribution in [-0.2, 0) is 6.42 Å². The maximum absolute atomic E-state index is 12.4. The van der Waals surface area contributed by atoms with Crippen molar-refractivity contribution >= 4 is 23.6 Å². The van der Waals surface area contributed by atoms with Gasteiger partial charge in [-0.3, -0.25) is 4.79 Å². The summed E-state index contributed by atoms with van der Waals surface area (Å²) in [5.74, 6) is -0.605. The predicted octanol–water partition coefficient (Wildman–Crippen LogP) is 3.40. The molecule has 0 unspecified atom stereocenters. The molecular weight excluding hydrogens is 338 g/mol. The van der Waals surface area contributed by atoms with Gasteiger partial charge in [0.15, 0.2) is 0 Å². The van der Waals surface area contributed by atoms with Gasteiger partial charge in [0.1, 0.15) is 5.75 Å². The van der Waals surface area contributed by atoms with Crippen LogP contribution in [0, 0.1) is 6.92 Å². The van der Waals surface area contributed by atoms with Crippen LogP contribution in [0.25, 0.3) is 0 Å². The Hall–Kier alpha value is -2.47. The molecule has 132 valence electrons. The topological polar surface area (TPSA) is 75.6 Å². The van der Waals surface area contributed by atoms with Gasteiger partial charge in [-0.2, -0.15) is 0 Å². The highest BCUT2D eigenvalue weighted by Crippen LogP contribution is 2.21. The Morgan fingerprint density at radius 2 is 1.96 bits per heavy atom. The van der Waals surface area contributed by atoms with Crippen LogP contribution >= 0.6 is 11.8 Å². The van der Waals surface area contributed by atoms with Crippen molar-refractivity contribution in [3.05, 3.63) is 58.7 Å². The van der Waals surface area contributed by atoms with Gasteiger partial charge in [0, 0.05) is 17.0 Å². The van der Waals surface area contributed by atoms with E-state index in [1.165, 1.54) is 19.2 Å². The van der Waals surface area contributed by atoms with Gasteiger partial charge in [-0.05, 0) is 55.0 Å². The Bertz CT molecular complexity index is 789. The number of thioether (sulfide) groups is 1. The zero-order valence-electron chi connectivity index (χ0n) is 14.5. The molecule has 0 saturated carbocycles. The summed E-state index contributed by atoms with van der Waals surface area (Å²) in [5.41, 5.74) is 2.62. The average Bonchev–Trinajstić information content (AvgIpc) is 2.62. The number of nitrogens with one attached hydrogen (secondary N) is 1. The first-order valence-electron chi connectivity index (χ1n) is 7.79. The minimum Gasteiger partial charge on any atom is -0.496 e. The van der Waals surface area contributed by atoms with Crippen LogP contribution in [-0.4, -0.2) is 36.9 Å². The molecular formula is C19H21NO4S. The predicted molar refractivity (Wildman–Crippen MR) is 99.0 cm³/mol. The number of carboxylic acids is 1. The lowest BCUT2D eigenvalue weighted by atomic mass is 10.1. The molecule has 5 nitrogen and oxygen atoms in total. The van der Waals surface area contributed by atoms with E-state index in [0.717, 1.165) is 16.0 Å². The van der Waals surface area contributed by atoms with Crippen LogP contribution in [0.4, 0.5) is 0 Å². The molecule has 0 fully saturated rings. The number of amides is 1. The molecule has 25 heavy (non-hydrogen) atoms. The van der Waals surface area contributed by atoms with E-state index in [-0.39, 0.29) is 11.5 Å². The molecule has 2 aromatic rings. The summed E-state index contributed by atoms with van der Waals surface area (Å²) in [5, 5.41) is 11.9. The summed E-state index contributed by atoms with van der Waals surface area (Å²) in [6.45, 7) is 2.34. The number of rotatable bonds is 7. The maximum Gasteiger partial charge on any atom is 0.335 e. The van der Waals surface area contributed by atoms with E-state index < -0.39 is 5.97 Å². The van der Waals surface area contributed by atoms with Crippen molar-refractivity contribution in [3.63, 3.8) is 0 Å². The van der Waals surface area contributed by atoms with Crippen molar-refractivity contribution in [1.29, 1.82) is 0 Å². The number of aromatic carboxylic acids is 1. The van der Waals surface area contributed by atoms with E-state index in [1.54, 1.807) is 17.8 Å².